The summed E-state index contributed by atoms with van der Waals surface area (Å²) in [5.41, 5.74) is 2.40. The number of aliphatic hydroxyl groups excluding tert-OH is 1. The van der Waals surface area contributed by atoms with Gasteiger partial charge in [0.2, 0.25) is 5.91 Å². The number of carbonyl (C=O) groups is 1. The van der Waals surface area contributed by atoms with Gasteiger partial charge >= 0.3 is 0 Å². The zero-order chi connectivity index (χ0) is 13.8. The van der Waals surface area contributed by atoms with Crippen LogP contribution in [-0.4, -0.2) is 41.1 Å². The molecule has 1 aromatic carbocycles. The highest BCUT2D eigenvalue weighted by atomic mass is 16.3. The number of nitrogens with zero attached hydrogens (tertiary/aromatic N) is 1. The Hall–Kier alpha value is -1.39. The predicted molar refractivity (Wildman–Crippen MR) is 74.7 cm³/mol. The molecule has 1 aliphatic rings. The van der Waals surface area contributed by atoms with Crippen LogP contribution in [0.25, 0.3) is 0 Å². The second-order valence-corrected chi connectivity index (χ2v) is 5.29. The van der Waals surface area contributed by atoms with Crippen LogP contribution in [-0.2, 0) is 11.3 Å². The number of rotatable bonds is 3. The van der Waals surface area contributed by atoms with Gasteiger partial charge in [-0.15, -0.1) is 0 Å². The summed E-state index contributed by atoms with van der Waals surface area (Å²) in [4.78, 5) is 14.0. The normalized spacial score (nSPS) is 24.9. The fourth-order valence-electron chi connectivity index (χ4n) is 2.50. The molecule has 0 aliphatic carbocycles. The van der Waals surface area contributed by atoms with Gasteiger partial charge in [-0.1, -0.05) is 29.8 Å². The van der Waals surface area contributed by atoms with E-state index in [1.165, 1.54) is 11.1 Å². The van der Waals surface area contributed by atoms with Crippen molar-refractivity contribution in [2.75, 3.05) is 13.2 Å². The fourth-order valence-corrected chi connectivity index (χ4v) is 2.50. The number of hydrogen-bond donors (Lipinski definition) is 2. The highest BCUT2D eigenvalue weighted by Crippen LogP contribution is 2.17. The van der Waals surface area contributed by atoms with Crippen LogP contribution in [0.3, 0.4) is 0 Å². The first-order chi connectivity index (χ1) is 9.11. The van der Waals surface area contributed by atoms with Gasteiger partial charge in [0.15, 0.2) is 0 Å². The molecule has 2 unspecified atom stereocenters. The standard InChI is InChI=1S/C15H22N2O2/c1-11-3-5-13(6-4-11)9-17-12(2)7-8-16-15(19)14(17)10-18/h3-6,12,14,18H,7-10H2,1-2H3,(H,16,19). The summed E-state index contributed by atoms with van der Waals surface area (Å²) in [7, 11) is 0. The molecule has 0 saturated carbocycles. The molecule has 2 rings (SSSR count). The van der Waals surface area contributed by atoms with Crippen LogP contribution in [0.5, 0.6) is 0 Å². The summed E-state index contributed by atoms with van der Waals surface area (Å²) < 4.78 is 0. The van der Waals surface area contributed by atoms with E-state index < -0.39 is 6.04 Å². The summed E-state index contributed by atoms with van der Waals surface area (Å²) in [5, 5.41) is 12.4. The van der Waals surface area contributed by atoms with Crippen molar-refractivity contribution in [3.8, 4) is 0 Å². The van der Waals surface area contributed by atoms with E-state index in [-0.39, 0.29) is 18.6 Å². The lowest BCUT2D eigenvalue weighted by Crippen LogP contribution is -2.48. The van der Waals surface area contributed by atoms with E-state index in [4.69, 9.17) is 0 Å². The van der Waals surface area contributed by atoms with E-state index in [1.807, 2.05) is 0 Å². The SMILES string of the molecule is Cc1ccc(CN2C(C)CCNC(=O)C2CO)cc1. The smallest absolute Gasteiger partial charge is 0.239 e. The molecule has 104 valence electrons. The van der Waals surface area contributed by atoms with E-state index >= 15 is 0 Å². The number of benzene rings is 1. The molecule has 2 atom stereocenters. The molecule has 2 N–H and O–H groups in total. The van der Waals surface area contributed by atoms with E-state index in [2.05, 4.69) is 48.3 Å². The Balaban J connectivity index is 2.17. The van der Waals surface area contributed by atoms with Crippen LogP contribution in [0.4, 0.5) is 0 Å². The van der Waals surface area contributed by atoms with Crippen molar-refractivity contribution in [1.82, 2.24) is 10.2 Å². The van der Waals surface area contributed by atoms with Gasteiger partial charge in [-0.3, -0.25) is 9.69 Å². The molecule has 1 aliphatic heterocycles. The highest BCUT2D eigenvalue weighted by molar-refractivity contribution is 5.82. The van der Waals surface area contributed by atoms with Gasteiger partial charge in [-0.2, -0.15) is 0 Å². The van der Waals surface area contributed by atoms with Crippen molar-refractivity contribution < 1.29 is 9.90 Å². The second kappa shape index (κ2) is 6.17. The topological polar surface area (TPSA) is 52.6 Å². The molecule has 1 aromatic rings. The molecule has 1 heterocycles. The van der Waals surface area contributed by atoms with Crippen LogP contribution in [0, 0.1) is 6.92 Å². The third-order valence-electron chi connectivity index (χ3n) is 3.79. The van der Waals surface area contributed by atoms with Gasteiger partial charge < -0.3 is 10.4 Å². The van der Waals surface area contributed by atoms with Crippen LogP contribution in [0.2, 0.25) is 0 Å². The zero-order valence-electron chi connectivity index (χ0n) is 11.6. The minimum absolute atomic E-state index is 0.0704. The minimum Gasteiger partial charge on any atom is -0.394 e. The maximum atomic E-state index is 11.9. The van der Waals surface area contributed by atoms with E-state index in [1.54, 1.807) is 0 Å². The third-order valence-corrected chi connectivity index (χ3v) is 3.79. The average molecular weight is 262 g/mol. The summed E-state index contributed by atoms with van der Waals surface area (Å²) in [6.07, 6.45) is 0.911. The quantitative estimate of drug-likeness (QED) is 0.856. The van der Waals surface area contributed by atoms with Crippen LogP contribution in [0.15, 0.2) is 24.3 Å². The summed E-state index contributed by atoms with van der Waals surface area (Å²) in [6, 6.07) is 8.15. The van der Waals surface area contributed by atoms with Gasteiger partial charge in [0.25, 0.3) is 0 Å². The third kappa shape index (κ3) is 3.33. The van der Waals surface area contributed by atoms with Crippen molar-refractivity contribution in [3.05, 3.63) is 35.4 Å². The molecule has 1 amide bonds. The highest BCUT2D eigenvalue weighted by Gasteiger charge is 2.31. The fraction of sp³-hybridized carbons (Fsp3) is 0.533. The number of hydrogen-bond acceptors (Lipinski definition) is 3. The Morgan fingerprint density at radius 2 is 2.05 bits per heavy atom. The first-order valence-electron chi connectivity index (χ1n) is 6.81. The second-order valence-electron chi connectivity index (χ2n) is 5.29. The van der Waals surface area contributed by atoms with Crippen molar-refractivity contribution in [2.24, 2.45) is 0 Å². The molecule has 0 aromatic heterocycles. The molecule has 4 nitrogen and oxygen atoms in total. The maximum Gasteiger partial charge on any atom is 0.239 e. The molecule has 0 radical (unpaired) electrons. The molecule has 0 bridgehead atoms. The largest absolute Gasteiger partial charge is 0.394 e. The Morgan fingerprint density at radius 1 is 1.37 bits per heavy atom. The van der Waals surface area contributed by atoms with Crippen molar-refractivity contribution in [3.63, 3.8) is 0 Å². The lowest BCUT2D eigenvalue weighted by molar-refractivity contribution is -0.127. The Morgan fingerprint density at radius 3 is 2.68 bits per heavy atom. The first kappa shape index (κ1) is 14.0. The molecular weight excluding hydrogens is 240 g/mol. The van der Waals surface area contributed by atoms with Crippen molar-refractivity contribution in [1.29, 1.82) is 0 Å². The lowest BCUT2D eigenvalue weighted by Gasteiger charge is -2.32. The lowest BCUT2D eigenvalue weighted by atomic mass is 10.1. The van der Waals surface area contributed by atoms with E-state index in [0.29, 0.717) is 13.1 Å². The Kier molecular flexibility index (Phi) is 4.56. The first-order valence-corrected chi connectivity index (χ1v) is 6.81. The number of aryl methyl sites for hydroxylation is 1. The van der Waals surface area contributed by atoms with Gasteiger partial charge in [0.05, 0.1) is 6.61 Å². The molecule has 0 spiro atoms. The van der Waals surface area contributed by atoms with E-state index in [0.717, 1.165) is 6.42 Å². The average Bonchev–Trinajstić information content (AvgIpc) is 2.52. The number of aliphatic hydroxyl groups is 1. The van der Waals surface area contributed by atoms with Crippen molar-refractivity contribution in [2.45, 2.75) is 38.9 Å². The summed E-state index contributed by atoms with van der Waals surface area (Å²) in [6.45, 7) is 5.41. The summed E-state index contributed by atoms with van der Waals surface area (Å²) in [5.74, 6) is -0.0704. The molecule has 4 heteroatoms. The predicted octanol–water partition coefficient (Wildman–Crippen LogP) is 1.07. The minimum atomic E-state index is -0.446. The van der Waals surface area contributed by atoms with Gasteiger partial charge in [0.1, 0.15) is 6.04 Å². The molecule has 19 heavy (non-hydrogen) atoms. The van der Waals surface area contributed by atoms with Gasteiger partial charge in [-0.05, 0) is 25.8 Å². The monoisotopic (exact) mass is 262 g/mol. The number of amides is 1. The van der Waals surface area contributed by atoms with E-state index in [9.17, 15) is 9.90 Å². The van der Waals surface area contributed by atoms with Crippen molar-refractivity contribution >= 4 is 5.91 Å². The number of nitrogens with one attached hydrogen (secondary N) is 1. The van der Waals surface area contributed by atoms with Crippen LogP contribution < -0.4 is 5.32 Å². The van der Waals surface area contributed by atoms with Gasteiger partial charge in [0, 0.05) is 19.1 Å². The number of carbonyl (C=O) groups excluding carboxylic acids is 1. The Bertz CT molecular complexity index is 430. The molecule has 1 saturated heterocycles. The van der Waals surface area contributed by atoms with Gasteiger partial charge in [-0.25, -0.2) is 0 Å². The summed E-state index contributed by atoms with van der Waals surface area (Å²) >= 11 is 0. The Labute approximate surface area is 114 Å². The molecule has 1 fully saturated rings. The van der Waals surface area contributed by atoms with Crippen LogP contribution in [0.1, 0.15) is 24.5 Å². The zero-order valence-corrected chi connectivity index (χ0v) is 11.6. The maximum absolute atomic E-state index is 11.9. The molecular formula is C15H22N2O2. The van der Waals surface area contributed by atoms with Crippen LogP contribution >= 0.6 is 0 Å².